The van der Waals surface area contributed by atoms with Gasteiger partial charge in [0, 0.05) is 26.2 Å². The van der Waals surface area contributed by atoms with E-state index in [0.29, 0.717) is 19.7 Å². The minimum atomic E-state index is -0.839. The second kappa shape index (κ2) is 11.2. The highest BCUT2D eigenvalue weighted by molar-refractivity contribution is 5.74. The summed E-state index contributed by atoms with van der Waals surface area (Å²) >= 11 is 0. The molecular weight excluding hydrogens is 346 g/mol. The van der Waals surface area contributed by atoms with Crippen LogP contribution in [0.5, 0.6) is 0 Å². The number of amides is 2. The third-order valence-corrected chi connectivity index (χ3v) is 5.63. The van der Waals surface area contributed by atoms with Crippen molar-refractivity contribution >= 4 is 6.03 Å². The Balaban J connectivity index is 1.89. The van der Waals surface area contributed by atoms with Crippen molar-refractivity contribution in [1.29, 1.82) is 0 Å². The van der Waals surface area contributed by atoms with Crippen LogP contribution in [0.4, 0.5) is 4.79 Å². The first-order valence-electron chi connectivity index (χ1n) is 10.5. The monoisotopic (exact) mass is 385 g/mol. The van der Waals surface area contributed by atoms with E-state index in [1.54, 1.807) is 12.0 Å². The summed E-state index contributed by atoms with van der Waals surface area (Å²) in [5.41, 5.74) is 0. The normalized spacial score (nSPS) is 26.6. The van der Waals surface area contributed by atoms with E-state index >= 15 is 0 Å². The molecular formula is C20H39N3O4. The smallest absolute Gasteiger partial charge is 0.317 e. The summed E-state index contributed by atoms with van der Waals surface area (Å²) in [6.45, 7) is 6.10. The first-order chi connectivity index (χ1) is 13.0. The molecule has 3 atom stereocenters. The summed E-state index contributed by atoms with van der Waals surface area (Å²) in [4.78, 5) is 14.7. The molecule has 0 radical (unpaired) electrons. The van der Waals surface area contributed by atoms with E-state index in [2.05, 4.69) is 10.6 Å². The lowest BCUT2D eigenvalue weighted by Gasteiger charge is -2.41. The van der Waals surface area contributed by atoms with Crippen molar-refractivity contribution in [1.82, 2.24) is 15.5 Å². The highest BCUT2D eigenvalue weighted by Gasteiger charge is 2.37. The number of hydrogen-bond donors (Lipinski definition) is 2. The zero-order valence-electron chi connectivity index (χ0n) is 17.6. The molecule has 2 rings (SSSR count). The number of ether oxygens (including phenoxy) is 3. The predicted octanol–water partition coefficient (Wildman–Crippen LogP) is 2.70. The van der Waals surface area contributed by atoms with Crippen LogP contribution in [0.25, 0.3) is 0 Å². The van der Waals surface area contributed by atoms with Gasteiger partial charge in [-0.05, 0) is 32.7 Å². The van der Waals surface area contributed by atoms with Gasteiger partial charge in [-0.15, -0.1) is 0 Å². The molecule has 1 saturated carbocycles. The number of nitrogens with zero attached hydrogens (tertiary/aromatic N) is 1. The van der Waals surface area contributed by atoms with E-state index in [0.717, 1.165) is 25.3 Å². The molecule has 1 aliphatic heterocycles. The van der Waals surface area contributed by atoms with Gasteiger partial charge in [-0.1, -0.05) is 39.0 Å². The number of nitrogens with one attached hydrogen (secondary N) is 2. The van der Waals surface area contributed by atoms with Crippen LogP contribution >= 0.6 is 0 Å². The number of carbonyl (C=O) groups excluding carboxylic acids is 1. The third-order valence-electron chi connectivity index (χ3n) is 5.63. The van der Waals surface area contributed by atoms with Gasteiger partial charge in [0.2, 0.25) is 0 Å². The van der Waals surface area contributed by atoms with Crippen molar-refractivity contribution in [3.8, 4) is 0 Å². The largest absolute Gasteiger partial charge is 0.356 e. The fraction of sp³-hybridized carbons (Fsp3) is 0.950. The van der Waals surface area contributed by atoms with E-state index in [4.69, 9.17) is 14.2 Å². The first-order valence-corrected chi connectivity index (χ1v) is 10.5. The molecule has 2 unspecified atom stereocenters. The zero-order chi connectivity index (χ0) is 19.7. The molecule has 0 aromatic heterocycles. The molecule has 1 saturated heterocycles. The molecule has 0 aromatic carbocycles. The molecule has 1 aliphatic carbocycles. The SMILES string of the molecule is CCC(OC)OC1(C)CN(C(=O)N[C@H](CNC)CC2CCCCC2)CCO1. The molecule has 7 nitrogen and oxygen atoms in total. The third kappa shape index (κ3) is 7.22. The maximum Gasteiger partial charge on any atom is 0.317 e. The van der Waals surface area contributed by atoms with E-state index < -0.39 is 5.79 Å². The minimum absolute atomic E-state index is 0.0327. The number of hydrogen-bond acceptors (Lipinski definition) is 5. The molecule has 7 heteroatoms. The maximum absolute atomic E-state index is 12.9. The van der Waals surface area contributed by atoms with Crippen molar-refractivity contribution in [2.75, 3.05) is 40.4 Å². The second-order valence-corrected chi connectivity index (χ2v) is 8.04. The van der Waals surface area contributed by atoms with Crippen LogP contribution in [0.15, 0.2) is 0 Å². The quantitative estimate of drug-likeness (QED) is 0.597. The van der Waals surface area contributed by atoms with E-state index in [-0.39, 0.29) is 18.4 Å². The van der Waals surface area contributed by atoms with Crippen LogP contribution in [0.2, 0.25) is 0 Å². The first kappa shape index (κ1) is 22.4. The molecule has 2 fully saturated rings. The number of rotatable bonds is 9. The van der Waals surface area contributed by atoms with Gasteiger partial charge in [0.25, 0.3) is 0 Å². The van der Waals surface area contributed by atoms with Crippen molar-refractivity contribution in [3.63, 3.8) is 0 Å². The number of methoxy groups -OCH3 is 1. The summed E-state index contributed by atoms with van der Waals surface area (Å²) in [7, 11) is 3.56. The lowest BCUT2D eigenvalue weighted by molar-refractivity contribution is -0.311. The second-order valence-electron chi connectivity index (χ2n) is 8.04. The fourth-order valence-corrected chi connectivity index (χ4v) is 4.19. The zero-order valence-corrected chi connectivity index (χ0v) is 17.6. The van der Waals surface area contributed by atoms with Crippen LogP contribution in [-0.2, 0) is 14.2 Å². The molecule has 158 valence electrons. The van der Waals surface area contributed by atoms with Gasteiger partial charge in [0.15, 0.2) is 12.1 Å². The Morgan fingerprint density at radius 2 is 2.07 bits per heavy atom. The number of likely N-dealkylation sites (N-methyl/N-ethyl adjacent to an activating group) is 1. The van der Waals surface area contributed by atoms with Crippen LogP contribution in [0, 0.1) is 5.92 Å². The Labute approximate surface area is 164 Å². The lowest BCUT2D eigenvalue weighted by Crippen LogP contribution is -2.58. The highest BCUT2D eigenvalue weighted by atomic mass is 16.8. The average Bonchev–Trinajstić information content (AvgIpc) is 2.67. The fourth-order valence-electron chi connectivity index (χ4n) is 4.19. The summed E-state index contributed by atoms with van der Waals surface area (Å²) in [5.74, 6) is -0.114. The summed E-state index contributed by atoms with van der Waals surface area (Å²) in [5, 5.41) is 6.46. The van der Waals surface area contributed by atoms with Crippen molar-refractivity contribution < 1.29 is 19.0 Å². The molecule has 2 N–H and O–H groups in total. The Morgan fingerprint density at radius 1 is 1.33 bits per heavy atom. The summed E-state index contributed by atoms with van der Waals surface area (Å²) in [6.07, 6.45) is 8.02. The van der Waals surface area contributed by atoms with E-state index in [9.17, 15) is 4.79 Å². The standard InChI is InChI=1S/C20H39N3O4/c1-5-18(25-4)27-20(2)15-23(11-12-26-20)19(24)22-17(14-21-3)13-16-9-7-6-8-10-16/h16-18,21H,5-15H2,1-4H3,(H,22,24)/t17-,18?,20?/m0/s1. The van der Waals surface area contributed by atoms with Crippen molar-refractivity contribution in [3.05, 3.63) is 0 Å². The molecule has 1 heterocycles. The van der Waals surface area contributed by atoms with E-state index in [1.807, 2.05) is 20.9 Å². The molecule has 0 bridgehead atoms. The van der Waals surface area contributed by atoms with Crippen LogP contribution in [0.1, 0.15) is 58.8 Å². The average molecular weight is 386 g/mol. The number of carbonyl (C=O) groups is 1. The topological polar surface area (TPSA) is 72.1 Å². The predicted molar refractivity (Wildman–Crippen MR) is 106 cm³/mol. The van der Waals surface area contributed by atoms with Crippen LogP contribution in [-0.4, -0.2) is 69.4 Å². The molecule has 0 aromatic rings. The van der Waals surface area contributed by atoms with Gasteiger partial charge in [0.05, 0.1) is 13.2 Å². The Morgan fingerprint density at radius 3 is 2.70 bits per heavy atom. The molecule has 27 heavy (non-hydrogen) atoms. The maximum atomic E-state index is 12.9. The van der Waals surface area contributed by atoms with Crippen LogP contribution < -0.4 is 10.6 Å². The van der Waals surface area contributed by atoms with Gasteiger partial charge in [-0.25, -0.2) is 4.79 Å². The summed E-state index contributed by atoms with van der Waals surface area (Å²) < 4.78 is 17.1. The molecule has 2 amide bonds. The van der Waals surface area contributed by atoms with Gasteiger partial charge < -0.3 is 29.7 Å². The molecule has 0 spiro atoms. The number of morpholine rings is 1. The highest BCUT2D eigenvalue weighted by Crippen LogP contribution is 2.27. The van der Waals surface area contributed by atoms with Gasteiger partial charge in [-0.3, -0.25) is 0 Å². The van der Waals surface area contributed by atoms with E-state index in [1.165, 1.54) is 32.1 Å². The summed E-state index contributed by atoms with van der Waals surface area (Å²) in [6, 6.07) is 0.123. The van der Waals surface area contributed by atoms with Gasteiger partial charge in [0.1, 0.15) is 0 Å². The van der Waals surface area contributed by atoms with Crippen molar-refractivity contribution in [2.24, 2.45) is 5.92 Å². The Bertz CT molecular complexity index is 441. The Kier molecular flexibility index (Phi) is 9.29. The molecule has 2 aliphatic rings. The number of urea groups is 1. The minimum Gasteiger partial charge on any atom is -0.356 e. The van der Waals surface area contributed by atoms with Crippen LogP contribution in [0.3, 0.4) is 0 Å². The lowest BCUT2D eigenvalue weighted by atomic mass is 9.85. The van der Waals surface area contributed by atoms with Crippen molar-refractivity contribution in [2.45, 2.75) is 76.9 Å². The Hall–Kier alpha value is -0.890. The van der Waals surface area contributed by atoms with Gasteiger partial charge in [-0.2, -0.15) is 0 Å². The van der Waals surface area contributed by atoms with Gasteiger partial charge >= 0.3 is 6.03 Å².